The molecule has 0 radical (unpaired) electrons. The number of carbonyl (C=O) groups excluding carboxylic acids is 2. The van der Waals surface area contributed by atoms with Crippen molar-refractivity contribution >= 4 is 112 Å². The Morgan fingerprint density at radius 2 is 1.22 bits per heavy atom. The molecule has 3 heterocycles. The summed E-state index contributed by atoms with van der Waals surface area (Å²) in [5.41, 5.74) is 4.65. The zero-order valence-corrected chi connectivity index (χ0v) is 46.5. The van der Waals surface area contributed by atoms with Gasteiger partial charge in [-0.1, -0.05) is 69.8 Å². The Morgan fingerprint density at radius 3 is 1.74 bits per heavy atom. The maximum absolute atomic E-state index is 13.3. The number of aromatic nitrogens is 3. The largest absolute Gasteiger partial charge is 0.494 e. The Labute approximate surface area is 444 Å². The van der Waals surface area contributed by atoms with Crippen molar-refractivity contribution in [2.45, 2.75) is 96.9 Å². The molecule has 18 nitrogen and oxygen atoms in total. The second-order valence-corrected chi connectivity index (χ2v) is 23.8. The first-order valence-electron chi connectivity index (χ1n) is 24.3. The highest BCUT2D eigenvalue weighted by Crippen LogP contribution is 2.49. The van der Waals surface area contributed by atoms with Gasteiger partial charge in [-0.05, 0) is 86.3 Å². The molecule has 2 aliphatic rings. The van der Waals surface area contributed by atoms with Gasteiger partial charge >= 0.3 is 0 Å². The second kappa shape index (κ2) is 22.3. The molecule has 0 amide bonds. The maximum Gasteiger partial charge on any atom is 0.297 e. The Balaban J connectivity index is 1.25. The molecular weight excluding hydrogens is 1020 g/mol. The van der Waals surface area contributed by atoms with Gasteiger partial charge in [-0.15, -0.1) is 43.1 Å². The summed E-state index contributed by atoms with van der Waals surface area (Å²) in [6.45, 7) is 18.8. The van der Waals surface area contributed by atoms with Gasteiger partial charge in [0.1, 0.15) is 32.8 Å². The fourth-order valence-corrected chi connectivity index (χ4v) is 13.2. The fraction of sp³-hybridized carbons (Fsp3) is 0.404. The lowest BCUT2D eigenvalue weighted by Gasteiger charge is -2.28. The molecule has 0 atom stereocenters. The first-order chi connectivity index (χ1) is 35.2. The molecule has 2 aliphatic carbocycles. The van der Waals surface area contributed by atoms with Gasteiger partial charge in [0.2, 0.25) is 11.9 Å². The topological polar surface area (TPSA) is 226 Å². The Bertz CT molecular complexity index is 3260. The molecule has 8 rings (SSSR count). The number of nitrogens with one attached hydrogen (secondary N) is 2. The van der Waals surface area contributed by atoms with Crippen molar-refractivity contribution in [1.82, 2.24) is 15.0 Å². The summed E-state index contributed by atoms with van der Waals surface area (Å²) in [6.07, 6.45) is 1.71. The zero-order chi connectivity index (χ0) is 53.1. The van der Waals surface area contributed by atoms with Crippen LogP contribution in [-0.2, 0) is 28.7 Å². The number of anilines is 6. The highest BCUT2D eigenvalue weighted by atomic mass is 32.2. The van der Waals surface area contributed by atoms with Crippen LogP contribution in [0.25, 0.3) is 0 Å². The fourth-order valence-electron chi connectivity index (χ4n) is 9.26. The van der Waals surface area contributed by atoms with E-state index in [0.717, 1.165) is 45.1 Å². The first-order valence-corrected chi connectivity index (χ1v) is 28.4. The lowest BCUT2D eigenvalue weighted by molar-refractivity contribution is 0.0907. The van der Waals surface area contributed by atoms with Crippen LogP contribution in [0.15, 0.2) is 91.2 Å². The van der Waals surface area contributed by atoms with Crippen molar-refractivity contribution in [3.05, 3.63) is 87.1 Å². The van der Waals surface area contributed by atoms with E-state index in [9.17, 15) is 22.6 Å². The van der Waals surface area contributed by atoms with E-state index < -0.39 is 20.4 Å². The number of Topliss-reactive ketones (excluding diaryl/α,β-unsaturated/α-hetero) is 2. The normalized spacial score (nSPS) is 15.1. The molecular formula is C52H61N11O7S4. The van der Waals surface area contributed by atoms with Crippen molar-refractivity contribution in [3.8, 4) is 11.5 Å². The number of fused-ring (bicyclic) bond motifs is 2. The number of thioether (sulfide) groups is 1. The quantitative estimate of drug-likeness (QED) is 0.0367. The number of hydrogen-bond donors (Lipinski definition) is 3. The predicted octanol–water partition coefficient (Wildman–Crippen LogP) is 13.9. The molecule has 0 bridgehead atoms. The SMILES string of the molecule is CCN(CC)c1cc(Nc2nc(Nc3cc(N(CC)CC)c(OC)cc3/N=N/c3sc4c(c3S(=O)(=O)O)CC(C)(C)CC4=O)nc(SCc3ccccc3)n2)c(/N=N/c2cc3c(s2)C(=O)CC(C)(C)C3)cc1OC. The number of benzene rings is 3. The van der Waals surface area contributed by atoms with Crippen molar-refractivity contribution in [1.29, 1.82) is 0 Å². The molecule has 6 aromatic rings. The number of rotatable bonds is 20. The number of carbonyl (C=O) groups is 2. The van der Waals surface area contributed by atoms with Crippen molar-refractivity contribution < 1.29 is 32.0 Å². The van der Waals surface area contributed by atoms with Gasteiger partial charge in [-0.3, -0.25) is 14.1 Å². The molecule has 0 saturated carbocycles. The Morgan fingerprint density at radius 1 is 0.689 bits per heavy atom. The van der Waals surface area contributed by atoms with E-state index in [4.69, 9.17) is 29.5 Å². The minimum absolute atomic E-state index is 0.110. The lowest BCUT2D eigenvalue weighted by atomic mass is 9.76. The average molecular weight is 1080 g/mol. The van der Waals surface area contributed by atoms with Crippen LogP contribution in [0, 0.1) is 10.8 Å². The van der Waals surface area contributed by atoms with Crippen molar-refractivity contribution in [2.24, 2.45) is 31.3 Å². The summed E-state index contributed by atoms with van der Waals surface area (Å²) in [7, 11) is -1.67. The molecule has 3 N–H and O–H groups in total. The summed E-state index contributed by atoms with van der Waals surface area (Å²) in [6, 6.07) is 19.1. The van der Waals surface area contributed by atoms with Crippen molar-refractivity contribution in [2.75, 3.05) is 60.8 Å². The number of hydrogen-bond acceptors (Lipinski definition) is 20. The first kappa shape index (κ1) is 53.9. The van der Waals surface area contributed by atoms with Crippen LogP contribution < -0.4 is 29.9 Å². The van der Waals surface area contributed by atoms with Crippen LogP contribution in [0.2, 0.25) is 0 Å². The molecule has 0 fully saturated rings. The van der Waals surface area contributed by atoms with E-state index in [1.165, 1.54) is 23.1 Å². The Kier molecular flexibility index (Phi) is 16.2. The average Bonchev–Trinajstić information content (AvgIpc) is 3.94. The summed E-state index contributed by atoms with van der Waals surface area (Å²) >= 11 is 3.63. The molecule has 0 saturated heterocycles. The molecule has 3 aromatic heterocycles. The molecule has 390 valence electrons. The van der Waals surface area contributed by atoms with E-state index >= 15 is 0 Å². The van der Waals surface area contributed by atoms with Crippen LogP contribution in [0.5, 0.6) is 11.5 Å². The van der Waals surface area contributed by atoms with Crippen LogP contribution in [0.3, 0.4) is 0 Å². The van der Waals surface area contributed by atoms with Gasteiger partial charge < -0.3 is 29.9 Å². The predicted molar refractivity (Wildman–Crippen MR) is 295 cm³/mol. The third-order valence-electron chi connectivity index (χ3n) is 12.7. The summed E-state index contributed by atoms with van der Waals surface area (Å²) < 4.78 is 48.4. The summed E-state index contributed by atoms with van der Waals surface area (Å²) in [4.78, 5) is 45.9. The van der Waals surface area contributed by atoms with E-state index in [-0.39, 0.29) is 62.8 Å². The smallest absolute Gasteiger partial charge is 0.297 e. The van der Waals surface area contributed by atoms with Gasteiger partial charge in [-0.25, -0.2) is 0 Å². The van der Waals surface area contributed by atoms with E-state index in [0.29, 0.717) is 77.1 Å². The van der Waals surface area contributed by atoms with Gasteiger partial charge in [0.25, 0.3) is 10.1 Å². The van der Waals surface area contributed by atoms with Gasteiger partial charge in [0.05, 0.1) is 46.7 Å². The minimum Gasteiger partial charge on any atom is -0.494 e. The van der Waals surface area contributed by atoms with Crippen LogP contribution >= 0.6 is 34.4 Å². The standard InChI is InChI=1S/C52H61N11O7S4/c1-11-62(12-2)37-21-33(35(23-41(37)69-9)58-60-43-20-31-25-51(5,6)27-39(64)44(31)72-43)53-48-55-49(57-50(56-48)71-29-30-18-16-15-17-19-30)54-34-22-38(63(13-3)14-4)42(70-10)24-36(34)59-61-47-46(74(66,67)68)32-26-52(7,8)28-40(65)45(32)73-47/h15-24H,11-14,25-29H2,1-10H3,(H,66,67,68)(H2,53,54,55,56,57)/b60-58+,61-59+. The molecule has 0 unspecified atom stereocenters. The number of azo groups is 2. The van der Waals surface area contributed by atoms with Crippen LogP contribution in [0.4, 0.5) is 56.0 Å². The zero-order valence-electron chi connectivity index (χ0n) is 43.2. The van der Waals surface area contributed by atoms with Gasteiger partial charge in [0.15, 0.2) is 21.7 Å². The molecule has 3 aromatic carbocycles. The van der Waals surface area contributed by atoms with Crippen LogP contribution in [-0.4, -0.2) is 79.9 Å². The van der Waals surface area contributed by atoms with Gasteiger partial charge in [0, 0.05) is 56.9 Å². The number of ketones is 2. The highest BCUT2D eigenvalue weighted by Gasteiger charge is 2.39. The lowest BCUT2D eigenvalue weighted by Crippen LogP contribution is -2.26. The molecule has 22 heteroatoms. The third kappa shape index (κ3) is 12.1. The van der Waals surface area contributed by atoms with Gasteiger partial charge in [-0.2, -0.15) is 23.4 Å². The second-order valence-electron chi connectivity index (χ2n) is 19.5. The van der Waals surface area contributed by atoms with Crippen molar-refractivity contribution in [3.63, 3.8) is 0 Å². The number of thiophene rings is 2. The molecule has 74 heavy (non-hydrogen) atoms. The van der Waals surface area contributed by atoms with E-state index in [2.05, 4.69) is 63.5 Å². The minimum atomic E-state index is -4.82. The van der Waals surface area contributed by atoms with E-state index in [1.807, 2.05) is 82.3 Å². The van der Waals surface area contributed by atoms with Crippen LogP contribution in [0.1, 0.15) is 104 Å². The Hall–Kier alpha value is -6.33. The highest BCUT2D eigenvalue weighted by molar-refractivity contribution is 7.98. The molecule has 0 spiro atoms. The third-order valence-corrected chi connectivity index (χ3v) is 17.0. The summed E-state index contributed by atoms with van der Waals surface area (Å²) in [5, 5.41) is 26.1. The monoisotopic (exact) mass is 1080 g/mol. The number of nitrogens with zero attached hydrogens (tertiary/aromatic N) is 9. The number of ether oxygens (including phenoxy) is 2. The van der Waals surface area contributed by atoms with E-state index in [1.54, 1.807) is 20.3 Å². The summed E-state index contributed by atoms with van der Waals surface area (Å²) in [5.74, 6) is 1.76. The maximum atomic E-state index is 13.3. The number of methoxy groups -OCH3 is 2. The molecule has 0 aliphatic heterocycles.